The predicted molar refractivity (Wildman–Crippen MR) is 91.5 cm³/mol. The minimum Gasteiger partial charge on any atom is -0.367 e. The molecule has 0 amide bonds. The van der Waals surface area contributed by atoms with Gasteiger partial charge in [-0.15, -0.1) is 12.4 Å². The van der Waals surface area contributed by atoms with Gasteiger partial charge in [0.05, 0.1) is 6.61 Å². The summed E-state index contributed by atoms with van der Waals surface area (Å²) in [4.78, 5) is 2.11. The van der Waals surface area contributed by atoms with E-state index in [0.29, 0.717) is 6.61 Å². The van der Waals surface area contributed by atoms with Gasteiger partial charge in [-0.3, -0.25) is 0 Å². The number of benzene rings is 2. The maximum Gasteiger partial charge on any atom is 0.108 e. The average Bonchev–Trinajstić information content (AvgIpc) is 2.44. The molecule has 0 aliphatic rings. The number of hydrogen-bond donors (Lipinski definition) is 0. The van der Waals surface area contributed by atoms with Crippen molar-refractivity contribution in [3.8, 4) is 0 Å². The van der Waals surface area contributed by atoms with Gasteiger partial charge >= 0.3 is 0 Å². The molecule has 4 heteroatoms. The summed E-state index contributed by atoms with van der Waals surface area (Å²) in [5.74, 6) is 0. The molecule has 1 atom stereocenters. The number of rotatable bonds is 6. The first kappa shape index (κ1) is 18.0. The van der Waals surface area contributed by atoms with Crippen molar-refractivity contribution >= 4 is 24.0 Å². The quantitative estimate of drug-likeness (QED) is 0.779. The molecular weight excluding hydrogens is 305 g/mol. The zero-order chi connectivity index (χ0) is 14.4. The predicted octanol–water partition coefficient (Wildman–Crippen LogP) is 4.43. The molecule has 0 radical (unpaired) electrons. The van der Waals surface area contributed by atoms with E-state index in [2.05, 4.69) is 23.1 Å². The fourth-order valence-corrected chi connectivity index (χ4v) is 2.23. The SMILES string of the molecule is CN(C)CCOC(c1ccccc1)c1cccc(Cl)c1.Cl. The van der Waals surface area contributed by atoms with E-state index in [1.165, 1.54) is 0 Å². The second-order valence-corrected chi connectivity index (χ2v) is 5.46. The van der Waals surface area contributed by atoms with Crippen LogP contribution in [0.2, 0.25) is 5.02 Å². The molecular formula is C17H21Cl2NO. The van der Waals surface area contributed by atoms with Gasteiger partial charge in [0, 0.05) is 11.6 Å². The van der Waals surface area contributed by atoms with Crippen molar-refractivity contribution in [3.63, 3.8) is 0 Å². The highest BCUT2D eigenvalue weighted by atomic mass is 35.5. The summed E-state index contributed by atoms with van der Waals surface area (Å²) >= 11 is 6.10. The van der Waals surface area contributed by atoms with Crippen molar-refractivity contribution < 1.29 is 4.74 Å². The van der Waals surface area contributed by atoms with E-state index in [0.717, 1.165) is 22.7 Å². The lowest BCUT2D eigenvalue weighted by atomic mass is 10.0. The van der Waals surface area contributed by atoms with Crippen LogP contribution in [-0.4, -0.2) is 32.1 Å². The van der Waals surface area contributed by atoms with Crippen molar-refractivity contribution in [2.24, 2.45) is 0 Å². The molecule has 1 unspecified atom stereocenters. The first-order valence-electron chi connectivity index (χ1n) is 6.73. The molecule has 2 aromatic carbocycles. The highest BCUT2D eigenvalue weighted by Gasteiger charge is 2.14. The normalized spacial score (nSPS) is 12.0. The van der Waals surface area contributed by atoms with Gasteiger partial charge in [-0.2, -0.15) is 0 Å². The van der Waals surface area contributed by atoms with E-state index in [1.807, 2.05) is 50.5 Å². The summed E-state index contributed by atoms with van der Waals surface area (Å²) < 4.78 is 6.08. The maximum absolute atomic E-state index is 6.10. The number of likely N-dealkylation sites (N-methyl/N-ethyl adjacent to an activating group) is 1. The molecule has 0 saturated carbocycles. The van der Waals surface area contributed by atoms with Gasteiger partial charge in [0.1, 0.15) is 6.10 Å². The fraction of sp³-hybridized carbons (Fsp3) is 0.294. The molecule has 0 fully saturated rings. The zero-order valence-corrected chi connectivity index (χ0v) is 13.9. The Labute approximate surface area is 138 Å². The third kappa shape index (κ3) is 5.68. The fourth-order valence-electron chi connectivity index (χ4n) is 2.04. The summed E-state index contributed by atoms with van der Waals surface area (Å²) in [6.45, 7) is 1.57. The van der Waals surface area contributed by atoms with Crippen LogP contribution >= 0.6 is 24.0 Å². The number of halogens is 2. The van der Waals surface area contributed by atoms with Gasteiger partial charge in [-0.05, 0) is 37.4 Å². The lowest BCUT2D eigenvalue weighted by Crippen LogP contribution is -2.20. The monoisotopic (exact) mass is 325 g/mol. The van der Waals surface area contributed by atoms with Crippen molar-refractivity contribution in [1.82, 2.24) is 4.90 Å². The standard InChI is InChI=1S/C17H20ClNO.ClH/c1-19(2)11-12-20-17(14-7-4-3-5-8-14)15-9-6-10-16(18)13-15;/h3-10,13,17H,11-12H2,1-2H3;1H. The number of ether oxygens (including phenoxy) is 1. The maximum atomic E-state index is 6.10. The first-order valence-corrected chi connectivity index (χ1v) is 7.11. The van der Waals surface area contributed by atoms with Crippen LogP contribution in [0.3, 0.4) is 0 Å². The Morgan fingerprint density at radius 1 is 1.00 bits per heavy atom. The van der Waals surface area contributed by atoms with E-state index in [1.54, 1.807) is 0 Å². The second-order valence-electron chi connectivity index (χ2n) is 5.02. The molecule has 0 saturated heterocycles. The Kier molecular flexibility index (Phi) is 7.76. The van der Waals surface area contributed by atoms with Crippen molar-refractivity contribution in [2.45, 2.75) is 6.10 Å². The van der Waals surface area contributed by atoms with E-state index < -0.39 is 0 Å². The van der Waals surface area contributed by atoms with Crippen molar-refractivity contribution in [3.05, 3.63) is 70.7 Å². The van der Waals surface area contributed by atoms with E-state index >= 15 is 0 Å². The molecule has 2 aromatic rings. The van der Waals surface area contributed by atoms with Gasteiger partial charge in [-0.25, -0.2) is 0 Å². The molecule has 2 rings (SSSR count). The van der Waals surface area contributed by atoms with Gasteiger partial charge in [0.2, 0.25) is 0 Å². The van der Waals surface area contributed by atoms with Crippen LogP contribution in [0.25, 0.3) is 0 Å². The van der Waals surface area contributed by atoms with Crippen LogP contribution in [0.4, 0.5) is 0 Å². The molecule has 0 aliphatic carbocycles. The smallest absolute Gasteiger partial charge is 0.108 e. The van der Waals surface area contributed by atoms with Gasteiger partial charge in [0.15, 0.2) is 0 Å². The number of nitrogens with zero attached hydrogens (tertiary/aromatic N) is 1. The zero-order valence-electron chi connectivity index (χ0n) is 12.3. The molecule has 0 aliphatic heterocycles. The lowest BCUT2D eigenvalue weighted by molar-refractivity contribution is 0.0687. The van der Waals surface area contributed by atoms with Crippen LogP contribution < -0.4 is 0 Å². The van der Waals surface area contributed by atoms with Gasteiger partial charge in [-0.1, -0.05) is 54.1 Å². The van der Waals surface area contributed by atoms with Crippen LogP contribution in [0, 0.1) is 0 Å². The van der Waals surface area contributed by atoms with Crippen molar-refractivity contribution in [2.75, 3.05) is 27.2 Å². The molecule has 21 heavy (non-hydrogen) atoms. The third-order valence-electron chi connectivity index (χ3n) is 3.08. The summed E-state index contributed by atoms with van der Waals surface area (Å²) in [7, 11) is 4.08. The van der Waals surface area contributed by atoms with Crippen LogP contribution in [0.5, 0.6) is 0 Å². The molecule has 2 nitrogen and oxygen atoms in total. The van der Waals surface area contributed by atoms with E-state index in [-0.39, 0.29) is 18.5 Å². The summed E-state index contributed by atoms with van der Waals surface area (Å²) in [6, 6.07) is 18.1. The van der Waals surface area contributed by atoms with Crippen LogP contribution in [0.15, 0.2) is 54.6 Å². The van der Waals surface area contributed by atoms with Crippen LogP contribution in [0.1, 0.15) is 17.2 Å². The van der Waals surface area contributed by atoms with E-state index in [4.69, 9.17) is 16.3 Å². The van der Waals surface area contributed by atoms with Crippen molar-refractivity contribution in [1.29, 1.82) is 0 Å². The Balaban J connectivity index is 0.00000220. The third-order valence-corrected chi connectivity index (χ3v) is 3.31. The highest BCUT2D eigenvalue weighted by molar-refractivity contribution is 6.30. The molecule has 0 spiro atoms. The summed E-state index contributed by atoms with van der Waals surface area (Å²) in [5, 5.41) is 0.736. The molecule has 0 heterocycles. The van der Waals surface area contributed by atoms with Crippen LogP contribution in [-0.2, 0) is 4.74 Å². The molecule has 0 N–H and O–H groups in total. The Morgan fingerprint density at radius 3 is 2.29 bits per heavy atom. The Bertz CT molecular complexity index is 531. The van der Waals surface area contributed by atoms with E-state index in [9.17, 15) is 0 Å². The number of hydrogen-bond acceptors (Lipinski definition) is 2. The lowest BCUT2D eigenvalue weighted by Gasteiger charge is -2.20. The first-order chi connectivity index (χ1) is 9.66. The largest absolute Gasteiger partial charge is 0.367 e. The molecule has 0 bridgehead atoms. The summed E-state index contributed by atoms with van der Waals surface area (Å²) in [5.41, 5.74) is 2.23. The van der Waals surface area contributed by atoms with Gasteiger partial charge < -0.3 is 9.64 Å². The Morgan fingerprint density at radius 2 is 1.67 bits per heavy atom. The van der Waals surface area contributed by atoms with Gasteiger partial charge in [0.25, 0.3) is 0 Å². The minimum absolute atomic E-state index is 0. The Hall–Kier alpha value is -1.06. The minimum atomic E-state index is -0.0742. The highest BCUT2D eigenvalue weighted by Crippen LogP contribution is 2.27. The topological polar surface area (TPSA) is 12.5 Å². The second kappa shape index (κ2) is 9.06. The molecule has 114 valence electrons. The average molecular weight is 326 g/mol. The summed E-state index contributed by atoms with van der Waals surface area (Å²) in [6.07, 6.45) is -0.0742. The molecule has 0 aromatic heterocycles.